The molecule has 26 heavy (non-hydrogen) atoms. The van der Waals surface area contributed by atoms with Crippen molar-refractivity contribution < 1.29 is 22.7 Å². The van der Waals surface area contributed by atoms with E-state index in [1.165, 1.54) is 22.5 Å². The van der Waals surface area contributed by atoms with Crippen LogP contribution in [-0.4, -0.2) is 62.3 Å². The van der Waals surface area contributed by atoms with Gasteiger partial charge in [-0.25, -0.2) is 13.2 Å². The molecule has 144 valence electrons. The van der Waals surface area contributed by atoms with Gasteiger partial charge < -0.3 is 9.64 Å². The number of carbonyl (C=O) groups excluding carboxylic acids is 2. The number of hydrogen-bond donors (Lipinski definition) is 0. The van der Waals surface area contributed by atoms with Crippen molar-refractivity contribution in [3.05, 3.63) is 28.8 Å². The second-order valence-corrected chi connectivity index (χ2v) is 8.20. The number of nitrogens with zero attached hydrogens (tertiary/aromatic N) is 2. The SMILES string of the molecule is CCN(CC)S(=O)(=O)c1ccc(Cl)c(C(=O)OCCN2CCCC2=O)c1. The molecular formula is C17H23ClN2O5S. The summed E-state index contributed by atoms with van der Waals surface area (Å²) in [7, 11) is -3.70. The molecule has 0 N–H and O–H groups in total. The minimum atomic E-state index is -3.70. The van der Waals surface area contributed by atoms with E-state index in [2.05, 4.69) is 0 Å². The highest BCUT2D eigenvalue weighted by Gasteiger charge is 2.25. The van der Waals surface area contributed by atoms with E-state index in [-0.39, 0.29) is 28.0 Å². The molecule has 0 saturated carbocycles. The summed E-state index contributed by atoms with van der Waals surface area (Å²) in [6, 6.07) is 3.98. The van der Waals surface area contributed by atoms with E-state index >= 15 is 0 Å². The Bertz CT molecular complexity index is 777. The summed E-state index contributed by atoms with van der Waals surface area (Å²) in [6.45, 7) is 5.15. The highest BCUT2D eigenvalue weighted by atomic mass is 35.5. The van der Waals surface area contributed by atoms with Gasteiger partial charge in [0.15, 0.2) is 0 Å². The van der Waals surface area contributed by atoms with E-state index in [1.807, 2.05) is 0 Å². The number of likely N-dealkylation sites (tertiary alicyclic amines) is 1. The summed E-state index contributed by atoms with van der Waals surface area (Å²) in [5.41, 5.74) is -0.00681. The predicted molar refractivity (Wildman–Crippen MR) is 97.7 cm³/mol. The van der Waals surface area contributed by atoms with Gasteiger partial charge in [-0.05, 0) is 24.6 Å². The molecule has 1 aromatic rings. The van der Waals surface area contributed by atoms with Gasteiger partial charge in [0.25, 0.3) is 0 Å². The number of benzene rings is 1. The lowest BCUT2D eigenvalue weighted by Gasteiger charge is -2.19. The first kappa shape index (κ1) is 20.7. The number of ether oxygens (including phenoxy) is 1. The average Bonchev–Trinajstić information content (AvgIpc) is 3.01. The fourth-order valence-corrected chi connectivity index (χ4v) is 4.48. The first-order valence-electron chi connectivity index (χ1n) is 8.55. The number of rotatable bonds is 8. The summed E-state index contributed by atoms with van der Waals surface area (Å²) >= 11 is 6.04. The van der Waals surface area contributed by atoms with Crippen LogP contribution in [0.5, 0.6) is 0 Å². The van der Waals surface area contributed by atoms with Gasteiger partial charge in [-0.3, -0.25) is 4.79 Å². The highest BCUT2D eigenvalue weighted by molar-refractivity contribution is 7.89. The standard InChI is InChI=1S/C17H23ClN2O5S/c1-3-20(4-2)26(23,24)13-7-8-15(18)14(12-13)17(22)25-11-10-19-9-5-6-16(19)21/h7-8,12H,3-6,9-11H2,1-2H3. The Morgan fingerprint density at radius 2 is 2.00 bits per heavy atom. The summed E-state index contributed by atoms with van der Waals surface area (Å²) in [5.74, 6) is -0.662. The van der Waals surface area contributed by atoms with Crippen LogP contribution >= 0.6 is 11.6 Å². The molecule has 0 spiro atoms. The zero-order valence-electron chi connectivity index (χ0n) is 14.9. The van der Waals surface area contributed by atoms with E-state index in [9.17, 15) is 18.0 Å². The molecule has 1 amide bonds. The molecule has 0 radical (unpaired) electrons. The van der Waals surface area contributed by atoms with Gasteiger partial charge in [-0.1, -0.05) is 25.4 Å². The molecule has 1 aromatic carbocycles. The fourth-order valence-electron chi connectivity index (χ4n) is 2.80. The quantitative estimate of drug-likeness (QED) is 0.622. The van der Waals surface area contributed by atoms with Crippen LogP contribution in [0.1, 0.15) is 37.0 Å². The number of halogens is 1. The molecule has 0 atom stereocenters. The number of carbonyl (C=O) groups is 2. The second-order valence-electron chi connectivity index (χ2n) is 5.85. The van der Waals surface area contributed by atoms with Gasteiger partial charge in [0.05, 0.1) is 22.0 Å². The lowest BCUT2D eigenvalue weighted by atomic mass is 10.2. The van der Waals surface area contributed by atoms with Crippen molar-refractivity contribution in [1.82, 2.24) is 9.21 Å². The van der Waals surface area contributed by atoms with Gasteiger partial charge in [0.2, 0.25) is 15.9 Å². The maximum atomic E-state index is 12.6. The molecule has 0 aliphatic carbocycles. The van der Waals surface area contributed by atoms with Crippen LogP contribution in [-0.2, 0) is 19.6 Å². The first-order valence-corrected chi connectivity index (χ1v) is 10.4. The Balaban J connectivity index is 2.11. The Morgan fingerprint density at radius 1 is 1.31 bits per heavy atom. The maximum absolute atomic E-state index is 12.6. The molecule has 9 heteroatoms. The van der Waals surface area contributed by atoms with Crippen molar-refractivity contribution in [2.45, 2.75) is 31.6 Å². The predicted octanol–water partition coefficient (Wildman–Crippen LogP) is 2.15. The third-order valence-electron chi connectivity index (χ3n) is 4.27. The number of hydrogen-bond acceptors (Lipinski definition) is 5. The van der Waals surface area contributed by atoms with Crippen molar-refractivity contribution >= 4 is 33.5 Å². The molecule has 1 aliphatic heterocycles. The Hall–Kier alpha value is -1.64. The van der Waals surface area contributed by atoms with Crippen molar-refractivity contribution in [3.8, 4) is 0 Å². The molecule has 7 nitrogen and oxygen atoms in total. The monoisotopic (exact) mass is 402 g/mol. The molecule has 1 fully saturated rings. The van der Waals surface area contributed by atoms with Crippen LogP contribution in [0.15, 0.2) is 23.1 Å². The molecule has 0 unspecified atom stereocenters. The van der Waals surface area contributed by atoms with Gasteiger partial charge in [0.1, 0.15) is 6.61 Å². The number of sulfonamides is 1. The Labute approximate surface area is 158 Å². The van der Waals surface area contributed by atoms with E-state index in [4.69, 9.17) is 16.3 Å². The van der Waals surface area contributed by atoms with Gasteiger partial charge >= 0.3 is 5.97 Å². The Morgan fingerprint density at radius 3 is 2.58 bits per heavy atom. The lowest BCUT2D eigenvalue weighted by Crippen LogP contribution is -2.31. The largest absolute Gasteiger partial charge is 0.460 e. The summed E-state index contributed by atoms with van der Waals surface area (Å²) < 4.78 is 31.7. The van der Waals surface area contributed by atoms with Crippen molar-refractivity contribution in [2.24, 2.45) is 0 Å². The van der Waals surface area contributed by atoms with Crippen molar-refractivity contribution in [2.75, 3.05) is 32.8 Å². The molecule has 0 aromatic heterocycles. The first-order chi connectivity index (χ1) is 12.3. The summed E-state index contributed by atoms with van der Waals surface area (Å²) in [5, 5.41) is 0.116. The third-order valence-corrected chi connectivity index (χ3v) is 6.64. The van der Waals surface area contributed by atoms with E-state index in [0.29, 0.717) is 32.6 Å². The Kier molecular flexibility index (Phi) is 7.02. The average molecular weight is 403 g/mol. The van der Waals surface area contributed by atoms with Crippen LogP contribution in [0.25, 0.3) is 0 Å². The van der Waals surface area contributed by atoms with E-state index in [1.54, 1.807) is 18.7 Å². The van der Waals surface area contributed by atoms with Crippen LogP contribution in [0.4, 0.5) is 0 Å². The van der Waals surface area contributed by atoms with Crippen LogP contribution < -0.4 is 0 Å². The summed E-state index contributed by atoms with van der Waals surface area (Å²) in [4.78, 5) is 25.5. The molecule has 0 bridgehead atoms. The lowest BCUT2D eigenvalue weighted by molar-refractivity contribution is -0.128. The van der Waals surface area contributed by atoms with Crippen molar-refractivity contribution in [3.63, 3.8) is 0 Å². The second kappa shape index (κ2) is 8.83. The number of esters is 1. The normalized spacial score (nSPS) is 14.9. The number of amides is 1. The van der Waals surface area contributed by atoms with Crippen molar-refractivity contribution in [1.29, 1.82) is 0 Å². The molecule has 1 saturated heterocycles. The van der Waals surface area contributed by atoms with E-state index < -0.39 is 16.0 Å². The third kappa shape index (κ3) is 4.55. The highest BCUT2D eigenvalue weighted by Crippen LogP contribution is 2.23. The minimum Gasteiger partial charge on any atom is -0.460 e. The van der Waals surface area contributed by atoms with Crippen LogP contribution in [0, 0.1) is 0 Å². The maximum Gasteiger partial charge on any atom is 0.339 e. The molecule has 2 rings (SSSR count). The van der Waals surface area contributed by atoms with Gasteiger partial charge in [0, 0.05) is 26.1 Å². The van der Waals surface area contributed by atoms with Gasteiger partial charge in [-0.2, -0.15) is 4.31 Å². The smallest absolute Gasteiger partial charge is 0.339 e. The van der Waals surface area contributed by atoms with Gasteiger partial charge in [-0.15, -0.1) is 0 Å². The topological polar surface area (TPSA) is 84.0 Å². The molecule has 1 heterocycles. The molecule has 1 aliphatic rings. The van der Waals surface area contributed by atoms with Crippen LogP contribution in [0.3, 0.4) is 0 Å². The molecular weight excluding hydrogens is 380 g/mol. The zero-order chi connectivity index (χ0) is 19.3. The van der Waals surface area contributed by atoms with Crippen LogP contribution in [0.2, 0.25) is 5.02 Å². The zero-order valence-corrected chi connectivity index (χ0v) is 16.5. The fraction of sp³-hybridized carbons (Fsp3) is 0.529. The van der Waals surface area contributed by atoms with E-state index in [0.717, 1.165) is 6.42 Å². The minimum absolute atomic E-state index is 0.00681. The summed E-state index contributed by atoms with van der Waals surface area (Å²) in [6.07, 6.45) is 1.33.